The van der Waals surface area contributed by atoms with Crippen molar-refractivity contribution < 1.29 is 9.67 Å². The zero-order chi connectivity index (χ0) is 4.99. The number of hydrogen-bond acceptors (Lipinski definition) is 2. The van der Waals surface area contributed by atoms with Crippen LogP contribution in [0.4, 0.5) is 0 Å². The SMILES string of the molecule is C=C(O)CP=O. The van der Waals surface area contributed by atoms with Crippen LogP contribution in [-0.4, -0.2) is 11.3 Å². The highest BCUT2D eigenvalue weighted by molar-refractivity contribution is 7.24. The molecule has 0 aromatic carbocycles. The zero-order valence-electron chi connectivity index (χ0n) is 3.22. The standard InChI is InChI=1S/C3H5O2P/c1-3(4)2-6-5/h4H,1-2H2. The van der Waals surface area contributed by atoms with Crippen LogP contribution in [0.25, 0.3) is 0 Å². The van der Waals surface area contributed by atoms with E-state index in [2.05, 4.69) is 6.58 Å². The molecule has 0 bridgehead atoms. The van der Waals surface area contributed by atoms with Crippen LogP contribution in [0.5, 0.6) is 0 Å². The molecule has 0 aliphatic rings. The summed E-state index contributed by atoms with van der Waals surface area (Å²) in [4.78, 5) is 0. The largest absolute Gasteiger partial charge is 0.512 e. The van der Waals surface area contributed by atoms with Crippen LogP contribution in [-0.2, 0) is 4.57 Å². The van der Waals surface area contributed by atoms with E-state index in [9.17, 15) is 4.57 Å². The maximum Gasteiger partial charge on any atom is 0.163 e. The molecule has 0 rings (SSSR count). The monoisotopic (exact) mass is 104 g/mol. The van der Waals surface area contributed by atoms with Crippen LogP contribution < -0.4 is 0 Å². The second-order valence-corrected chi connectivity index (χ2v) is 1.43. The Balaban J connectivity index is 3.05. The minimum Gasteiger partial charge on any atom is -0.512 e. The van der Waals surface area contributed by atoms with E-state index in [0.29, 0.717) is 0 Å². The van der Waals surface area contributed by atoms with Crippen LogP contribution in [0, 0.1) is 0 Å². The average molecular weight is 104 g/mol. The topological polar surface area (TPSA) is 37.3 Å². The molecule has 0 aromatic rings. The summed E-state index contributed by atoms with van der Waals surface area (Å²) in [5.74, 6) is -0.0355. The fraction of sp³-hybridized carbons (Fsp3) is 0.333. The highest BCUT2D eigenvalue weighted by atomic mass is 31.1. The van der Waals surface area contributed by atoms with Crippen LogP contribution in [0.2, 0.25) is 0 Å². The van der Waals surface area contributed by atoms with Crippen molar-refractivity contribution in [3.8, 4) is 0 Å². The van der Waals surface area contributed by atoms with Gasteiger partial charge in [-0.25, -0.2) is 0 Å². The first kappa shape index (κ1) is 5.64. The van der Waals surface area contributed by atoms with Crippen molar-refractivity contribution in [1.82, 2.24) is 0 Å². The number of rotatable bonds is 2. The zero-order valence-corrected chi connectivity index (χ0v) is 4.11. The first-order chi connectivity index (χ1) is 2.77. The molecule has 0 radical (unpaired) electrons. The van der Waals surface area contributed by atoms with Crippen molar-refractivity contribution in [3.63, 3.8) is 0 Å². The molecule has 0 amide bonds. The summed E-state index contributed by atoms with van der Waals surface area (Å²) in [6, 6.07) is 0. The minimum atomic E-state index is -0.0756. The predicted octanol–water partition coefficient (Wildman–Crippen LogP) is 1.35. The molecule has 34 valence electrons. The van der Waals surface area contributed by atoms with Crippen molar-refractivity contribution in [2.45, 2.75) is 0 Å². The second-order valence-electron chi connectivity index (χ2n) is 0.853. The van der Waals surface area contributed by atoms with Crippen LogP contribution in [0.15, 0.2) is 12.3 Å². The van der Waals surface area contributed by atoms with Gasteiger partial charge in [0.15, 0.2) is 8.46 Å². The molecule has 0 atom stereocenters. The van der Waals surface area contributed by atoms with E-state index >= 15 is 0 Å². The van der Waals surface area contributed by atoms with Gasteiger partial charge in [0.05, 0.1) is 11.9 Å². The van der Waals surface area contributed by atoms with E-state index < -0.39 is 0 Å². The van der Waals surface area contributed by atoms with Crippen molar-refractivity contribution in [2.24, 2.45) is 0 Å². The predicted molar refractivity (Wildman–Crippen MR) is 24.2 cm³/mol. The Morgan fingerprint density at radius 3 is 2.50 bits per heavy atom. The van der Waals surface area contributed by atoms with Gasteiger partial charge in [-0.2, -0.15) is 0 Å². The van der Waals surface area contributed by atoms with Gasteiger partial charge < -0.3 is 5.11 Å². The second kappa shape index (κ2) is 2.86. The molecular weight excluding hydrogens is 99.0 g/mol. The van der Waals surface area contributed by atoms with E-state index in [1.54, 1.807) is 0 Å². The number of aliphatic hydroxyl groups is 1. The lowest BCUT2D eigenvalue weighted by molar-refractivity contribution is 0.418. The Bertz CT molecular complexity index is 69.2. The smallest absolute Gasteiger partial charge is 0.163 e. The molecule has 0 spiro atoms. The summed E-state index contributed by atoms with van der Waals surface area (Å²) < 4.78 is 9.49. The molecule has 0 fully saturated rings. The Labute approximate surface area is 37.7 Å². The minimum absolute atomic E-state index is 0.0355. The molecule has 0 saturated heterocycles. The number of allylic oxidation sites excluding steroid dienone is 1. The number of aliphatic hydroxyl groups excluding tert-OH is 1. The Morgan fingerprint density at radius 2 is 2.50 bits per heavy atom. The van der Waals surface area contributed by atoms with E-state index in [4.69, 9.17) is 5.11 Å². The highest BCUT2D eigenvalue weighted by Crippen LogP contribution is 1.94. The lowest BCUT2D eigenvalue weighted by Crippen LogP contribution is -1.73. The normalized spacial score (nSPS) is 8.67. The molecular formula is C3H5O2P. The summed E-state index contributed by atoms with van der Waals surface area (Å²) in [5.41, 5.74) is 0. The average Bonchev–Trinajstić information content (AvgIpc) is 1.35. The van der Waals surface area contributed by atoms with Crippen molar-refractivity contribution in [1.29, 1.82) is 0 Å². The van der Waals surface area contributed by atoms with Gasteiger partial charge in [0.1, 0.15) is 0 Å². The molecule has 3 heteroatoms. The summed E-state index contributed by atoms with van der Waals surface area (Å²) in [7, 11) is -0.0756. The lowest BCUT2D eigenvalue weighted by atomic mass is 10.7. The first-order valence-corrected chi connectivity index (χ1v) is 2.43. The van der Waals surface area contributed by atoms with Gasteiger partial charge in [0.25, 0.3) is 0 Å². The Hall–Kier alpha value is -0.360. The van der Waals surface area contributed by atoms with Crippen LogP contribution >= 0.6 is 8.46 Å². The molecule has 6 heavy (non-hydrogen) atoms. The van der Waals surface area contributed by atoms with Crippen LogP contribution in [0.3, 0.4) is 0 Å². The molecule has 0 aromatic heterocycles. The first-order valence-electron chi connectivity index (χ1n) is 1.43. The van der Waals surface area contributed by atoms with Crippen molar-refractivity contribution >= 4 is 8.46 Å². The molecule has 0 heterocycles. The quantitative estimate of drug-likeness (QED) is 0.424. The fourth-order valence-electron chi connectivity index (χ4n) is 0.0745. The molecule has 0 unspecified atom stereocenters. The Kier molecular flexibility index (Phi) is 2.68. The molecule has 1 N–H and O–H groups in total. The third-order valence-electron chi connectivity index (χ3n) is 0.247. The summed E-state index contributed by atoms with van der Waals surface area (Å²) in [6.07, 6.45) is 0.153. The van der Waals surface area contributed by atoms with Gasteiger partial charge in [0, 0.05) is 0 Å². The fourth-order valence-corrected chi connectivity index (χ4v) is 0.224. The van der Waals surface area contributed by atoms with Gasteiger partial charge in [-0.05, 0) is 0 Å². The molecule has 0 aliphatic carbocycles. The molecule has 2 nitrogen and oxygen atoms in total. The number of hydrogen-bond donors (Lipinski definition) is 1. The van der Waals surface area contributed by atoms with Gasteiger partial charge in [-0.3, -0.25) is 4.57 Å². The van der Waals surface area contributed by atoms with Gasteiger partial charge in [0.2, 0.25) is 0 Å². The van der Waals surface area contributed by atoms with E-state index in [-0.39, 0.29) is 20.4 Å². The van der Waals surface area contributed by atoms with Crippen molar-refractivity contribution in [2.75, 3.05) is 6.16 Å². The third kappa shape index (κ3) is 3.64. The van der Waals surface area contributed by atoms with Crippen molar-refractivity contribution in [3.05, 3.63) is 12.3 Å². The summed E-state index contributed by atoms with van der Waals surface area (Å²) in [5, 5.41) is 8.15. The highest BCUT2D eigenvalue weighted by Gasteiger charge is 1.80. The van der Waals surface area contributed by atoms with E-state index in [0.717, 1.165) is 0 Å². The van der Waals surface area contributed by atoms with Crippen LogP contribution in [0.1, 0.15) is 0 Å². The Morgan fingerprint density at radius 1 is 2.00 bits per heavy atom. The molecule has 0 aliphatic heterocycles. The lowest BCUT2D eigenvalue weighted by Gasteiger charge is -1.78. The maximum atomic E-state index is 9.49. The van der Waals surface area contributed by atoms with Gasteiger partial charge >= 0.3 is 0 Å². The summed E-state index contributed by atoms with van der Waals surface area (Å²) in [6.45, 7) is 3.09. The van der Waals surface area contributed by atoms with E-state index in [1.807, 2.05) is 0 Å². The van der Waals surface area contributed by atoms with Gasteiger partial charge in [-0.1, -0.05) is 6.58 Å². The maximum absolute atomic E-state index is 9.49. The third-order valence-corrected chi connectivity index (χ3v) is 0.741. The summed E-state index contributed by atoms with van der Waals surface area (Å²) >= 11 is 0. The van der Waals surface area contributed by atoms with Gasteiger partial charge in [-0.15, -0.1) is 0 Å². The van der Waals surface area contributed by atoms with E-state index in [1.165, 1.54) is 0 Å². The molecule has 0 saturated carbocycles.